The zero-order valence-corrected chi connectivity index (χ0v) is 16.9. The number of ether oxygens (including phenoxy) is 1. The number of amides is 3. The number of nitrogens with zero attached hydrogens (tertiary/aromatic N) is 1. The molecule has 4 rings (SSSR count). The molecule has 3 amide bonds. The molecule has 0 aliphatic carbocycles. The number of benzene rings is 1. The number of imide groups is 1. The van der Waals surface area contributed by atoms with Crippen LogP contribution < -0.4 is 10.6 Å². The fraction of sp³-hybridized carbons (Fsp3) is 0.550. The Morgan fingerprint density at radius 2 is 2.00 bits per heavy atom. The standard InChI is InChI=1S/C20H24ClN3O4/c1-10(2)16-14-15(18(26)24(17(14)25)7-4-8-28-3)20(23-16)12-9-11(21)5-6-13(12)22-19(20)27/h5-6,9-10,14-16,23H,4,7-8H2,1-3H3,(H,22,27)/t14-,15-,16-,20-/m0/s1. The second-order valence-electron chi connectivity index (χ2n) is 8.04. The minimum atomic E-state index is -1.28. The van der Waals surface area contributed by atoms with Crippen LogP contribution in [0.15, 0.2) is 18.2 Å². The zero-order chi connectivity index (χ0) is 20.2. The van der Waals surface area contributed by atoms with Crippen LogP contribution in [0.1, 0.15) is 25.8 Å². The summed E-state index contributed by atoms with van der Waals surface area (Å²) in [6.07, 6.45) is 0.564. The maximum absolute atomic E-state index is 13.4. The molecule has 0 radical (unpaired) electrons. The van der Waals surface area contributed by atoms with E-state index in [0.717, 1.165) is 0 Å². The number of carbonyl (C=O) groups is 3. The van der Waals surface area contributed by atoms with Gasteiger partial charge in [0.15, 0.2) is 0 Å². The van der Waals surface area contributed by atoms with Gasteiger partial charge in [0.25, 0.3) is 0 Å². The monoisotopic (exact) mass is 405 g/mol. The Morgan fingerprint density at radius 3 is 2.68 bits per heavy atom. The van der Waals surface area contributed by atoms with Crippen molar-refractivity contribution in [3.8, 4) is 0 Å². The Morgan fingerprint density at radius 1 is 1.25 bits per heavy atom. The van der Waals surface area contributed by atoms with E-state index in [1.807, 2.05) is 13.8 Å². The van der Waals surface area contributed by atoms with Crippen LogP contribution in [-0.2, 0) is 24.7 Å². The van der Waals surface area contributed by atoms with Crippen LogP contribution in [0.4, 0.5) is 5.69 Å². The summed E-state index contributed by atoms with van der Waals surface area (Å²) in [6.45, 7) is 4.74. The fourth-order valence-corrected chi connectivity index (χ4v) is 5.10. The molecular formula is C20H24ClN3O4. The van der Waals surface area contributed by atoms with E-state index in [0.29, 0.717) is 35.8 Å². The molecule has 3 heterocycles. The minimum Gasteiger partial charge on any atom is -0.385 e. The summed E-state index contributed by atoms with van der Waals surface area (Å²) < 4.78 is 5.06. The van der Waals surface area contributed by atoms with Gasteiger partial charge in [0, 0.05) is 42.6 Å². The van der Waals surface area contributed by atoms with Crippen LogP contribution in [0.5, 0.6) is 0 Å². The maximum Gasteiger partial charge on any atom is 0.250 e. The van der Waals surface area contributed by atoms with E-state index in [1.54, 1.807) is 25.3 Å². The lowest BCUT2D eigenvalue weighted by atomic mass is 9.76. The van der Waals surface area contributed by atoms with Gasteiger partial charge in [-0.2, -0.15) is 0 Å². The zero-order valence-electron chi connectivity index (χ0n) is 16.1. The quantitative estimate of drug-likeness (QED) is 0.575. The topological polar surface area (TPSA) is 87.7 Å². The Bertz CT molecular complexity index is 858. The van der Waals surface area contributed by atoms with Gasteiger partial charge in [0.1, 0.15) is 5.54 Å². The molecule has 28 heavy (non-hydrogen) atoms. The number of likely N-dealkylation sites (tertiary alicyclic amines) is 1. The molecule has 1 aromatic rings. The van der Waals surface area contributed by atoms with Crippen molar-refractivity contribution < 1.29 is 19.1 Å². The predicted octanol–water partition coefficient (Wildman–Crippen LogP) is 1.75. The summed E-state index contributed by atoms with van der Waals surface area (Å²) in [5, 5.41) is 6.74. The highest BCUT2D eigenvalue weighted by Crippen LogP contribution is 2.54. The van der Waals surface area contributed by atoms with E-state index >= 15 is 0 Å². The smallest absolute Gasteiger partial charge is 0.250 e. The summed E-state index contributed by atoms with van der Waals surface area (Å²) in [4.78, 5) is 41.1. The highest BCUT2D eigenvalue weighted by atomic mass is 35.5. The van der Waals surface area contributed by atoms with Crippen molar-refractivity contribution >= 4 is 35.0 Å². The first-order valence-corrected chi connectivity index (χ1v) is 9.94. The highest BCUT2D eigenvalue weighted by Gasteiger charge is 2.70. The Labute approximate surface area is 168 Å². The number of methoxy groups -OCH3 is 1. The lowest BCUT2D eigenvalue weighted by Gasteiger charge is -2.30. The summed E-state index contributed by atoms with van der Waals surface area (Å²) >= 11 is 6.21. The van der Waals surface area contributed by atoms with Crippen LogP contribution in [0, 0.1) is 17.8 Å². The number of carbonyl (C=O) groups excluding carboxylic acids is 3. The van der Waals surface area contributed by atoms with Gasteiger partial charge in [-0.3, -0.25) is 24.6 Å². The third-order valence-electron chi connectivity index (χ3n) is 6.15. The molecule has 3 aliphatic rings. The molecule has 2 saturated heterocycles. The minimum absolute atomic E-state index is 0.0681. The van der Waals surface area contributed by atoms with Crippen LogP contribution in [-0.4, -0.2) is 48.9 Å². The van der Waals surface area contributed by atoms with Gasteiger partial charge >= 0.3 is 0 Å². The molecule has 0 unspecified atom stereocenters. The number of halogens is 1. The third kappa shape index (κ3) is 2.53. The van der Waals surface area contributed by atoms with Gasteiger partial charge in [-0.15, -0.1) is 0 Å². The first kappa shape index (κ1) is 19.4. The molecule has 0 bridgehead atoms. The summed E-state index contributed by atoms with van der Waals surface area (Å²) in [5.41, 5.74) is -0.00560. The fourth-order valence-electron chi connectivity index (χ4n) is 4.93. The van der Waals surface area contributed by atoms with E-state index in [2.05, 4.69) is 10.6 Å². The normalized spacial score (nSPS) is 31.1. The molecule has 7 nitrogen and oxygen atoms in total. The average Bonchev–Trinajstić information content (AvgIpc) is 3.23. The van der Waals surface area contributed by atoms with Crippen molar-refractivity contribution in [2.45, 2.75) is 31.8 Å². The van der Waals surface area contributed by atoms with Crippen molar-refractivity contribution in [3.63, 3.8) is 0 Å². The number of fused-ring (bicyclic) bond motifs is 4. The first-order valence-electron chi connectivity index (χ1n) is 9.56. The van der Waals surface area contributed by atoms with Gasteiger partial charge in [0.05, 0.1) is 11.8 Å². The van der Waals surface area contributed by atoms with Crippen molar-refractivity contribution in [1.29, 1.82) is 0 Å². The van der Waals surface area contributed by atoms with Crippen molar-refractivity contribution in [1.82, 2.24) is 10.2 Å². The molecule has 3 aliphatic heterocycles. The molecule has 1 aromatic carbocycles. The molecule has 0 aromatic heterocycles. The third-order valence-corrected chi connectivity index (χ3v) is 6.39. The molecule has 150 valence electrons. The lowest BCUT2D eigenvalue weighted by Crippen LogP contribution is -2.54. The van der Waals surface area contributed by atoms with Crippen molar-refractivity contribution in [2.75, 3.05) is 25.6 Å². The molecule has 1 spiro atoms. The predicted molar refractivity (Wildman–Crippen MR) is 104 cm³/mol. The molecular weight excluding hydrogens is 382 g/mol. The second-order valence-corrected chi connectivity index (χ2v) is 8.48. The van der Waals surface area contributed by atoms with Crippen LogP contribution in [0.3, 0.4) is 0 Å². The number of anilines is 1. The largest absolute Gasteiger partial charge is 0.385 e. The van der Waals surface area contributed by atoms with E-state index in [9.17, 15) is 14.4 Å². The summed E-state index contributed by atoms with van der Waals surface area (Å²) in [7, 11) is 1.58. The molecule has 2 fully saturated rings. The van der Waals surface area contributed by atoms with Crippen molar-refractivity contribution in [2.24, 2.45) is 17.8 Å². The Hall–Kier alpha value is -1.96. The van der Waals surface area contributed by atoms with Gasteiger partial charge < -0.3 is 10.1 Å². The Kier molecular flexibility index (Phi) is 4.72. The molecule has 4 atom stereocenters. The summed E-state index contributed by atoms with van der Waals surface area (Å²) in [6, 6.07) is 4.86. The molecule has 8 heteroatoms. The van der Waals surface area contributed by atoms with Crippen molar-refractivity contribution in [3.05, 3.63) is 28.8 Å². The van der Waals surface area contributed by atoms with E-state index in [4.69, 9.17) is 16.3 Å². The lowest BCUT2D eigenvalue weighted by molar-refractivity contribution is -0.143. The number of rotatable bonds is 5. The SMILES string of the molecule is COCCCN1C(=O)[C@H]2[C@@H](C1=O)[C@]1(N[C@H]2C(C)C)C(=O)Nc2ccc(Cl)cc21. The molecule has 2 N–H and O–H groups in total. The first-order chi connectivity index (χ1) is 13.3. The molecule has 0 saturated carbocycles. The number of hydrogen-bond acceptors (Lipinski definition) is 5. The maximum atomic E-state index is 13.4. The van der Waals surface area contributed by atoms with Gasteiger partial charge in [0.2, 0.25) is 17.7 Å². The number of hydrogen-bond donors (Lipinski definition) is 2. The Balaban J connectivity index is 1.81. The van der Waals surface area contributed by atoms with E-state index < -0.39 is 17.4 Å². The van der Waals surface area contributed by atoms with Crippen LogP contribution >= 0.6 is 11.6 Å². The van der Waals surface area contributed by atoms with Gasteiger partial charge in [-0.05, 0) is 30.5 Å². The van der Waals surface area contributed by atoms with E-state index in [-0.39, 0.29) is 29.7 Å². The second kappa shape index (κ2) is 6.83. The average molecular weight is 406 g/mol. The van der Waals surface area contributed by atoms with Crippen LogP contribution in [0.2, 0.25) is 5.02 Å². The van der Waals surface area contributed by atoms with E-state index in [1.165, 1.54) is 4.90 Å². The van der Waals surface area contributed by atoms with Gasteiger partial charge in [-0.1, -0.05) is 25.4 Å². The summed E-state index contributed by atoms with van der Waals surface area (Å²) in [5.74, 6) is -2.11. The number of nitrogens with one attached hydrogen (secondary N) is 2. The van der Waals surface area contributed by atoms with Crippen LogP contribution in [0.25, 0.3) is 0 Å². The van der Waals surface area contributed by atoms with Gasteiger partial charge in [-0.25, -0.2) is 0 Å². The highest BCUT2D eigenvalue weighted by molar-refractivity contribution is 6.31.